The molecule has 1 unspecified atom stereocenters. The highest BCUT2D eigenvalue weighted by Gasteiger charge is 2.17. The van der Waals surface area contributed by atoms with Gasteiger partial charge in [0.2, 0.25) is 0 Å². The zero-order valence-corrected chi connectivity index (χ0v) is 11.5. The Hall–Kier alpha value is -1.98. The number of hydrogen-bond acceptors (Lipinski definition) is 4. The summed E-state index contributed by atoms with van der Waals surface area (Å²) < 4.78 is 19.5. The van der Waals surface area contributed by atoms with Crippen LogP contribution in [0.5, 0.6) is 5.75 Å². The topological polar surface area (TPSA) is 60.2 Å². The van der Waals surface area contributed by atoms with E-state index < -0.39 is 11.9 Å². The van der Waals surface area contributed by atoms with Crippen LogP contribution in [0.25, 0.3) is 0 Å². The minimum atomic E-state index is -0.450. The van der Waals surface area contributed by atoms with Gasteiger partial charge in [0.1, 0.15) is 11.6 Å². The van der Waals surface area contributed by atoms with E-state index in [0.29, 0.717) is 5.56 Å². The van der Waals surface area contributed by atoms with Crippen LogP contribution in [-0.4, -0.2) is 11.1 Å². The van der Waals surface area contributed by atoms with Gasteiger partial charge in [-0.25, -0.2) is 9.82 Å². The number of pyridine rings is 1. The van der Waals surface area contributed by atoms with Gasteiger partial charge in [-0.05, 0) is 37.6 Å². The predicted octanol–water partition coefficient (Wildman–Crippen LogP) is 2.56. The Morgan fingerprint density at radius 2 is 2.10 bits per heavy atom. The molecule has 0 spiro atoms. The number of rotatable bonds is 5. The van der Waals surface area contributed by atoms with Crippen molar-refractivity contribution in [2.45, 2.75) is 26.0 Å². The Labute approximate surface area is 117 Å². The van der Waals surface area contributed by atoms with E-state index in [1.54, 1.807) is 6.07 Å². The summed E-state index contributed by atoms with van der Waals surface area (Å²) in [6.07, 6.45) is 2.79. The van der Waals surface area contributed by atoms with Crippen LogP contribution in [0.2, 0.25) is 0 Å². The Bertz CT molecular complexity index is 575. The van der Waals surface area contributed by atoms with Crippen molar-refractivity contribution >= 4 is 0 Å². The van der Waals surface area contributed by atoms with Crippen LogP contribution in [0, 0.1) is 5.82 Å². The van der Waals surface area contributed by atoms with Crippen molar-refractivity contribution in [2.75, 3.05) is 0 Å². The molecular formula is C15H18FN3O. The molecule has 0 fully saturated rings. The molecule has 0 saturated carbocycles. The summed E-state index contributed by atoms with van der Waals surface area (Å²) >= 11 is 0. The van der Waals surface area contributed by atoms with Gasteiger partial charge in [0.05, 0.1) is 18.3 Å². The fraction of sp³-hybridized carbons (Fsp3) is 0.267. The minimum Gasteiger partial charge on any atom is -0.491 e. The number of nitrogens with one attached hydrogen (secondary N) is 1. The summed E-state index contributed by atoms with van der Waals surface area (Å²) in [6.45, 7) is 3.90. The standard InChI is InChI=1S/C15H18FN3O/c1-10(2)20-12-5-3-4-11(8-12)15(19-17)13-6-7-18-9-14(13)16/h3-10,15,19H,17H2,1-2H3. The van der Waals surface area contributed by atoms with Gasteiger partial charge in [0, 0.05) is 11.8 Å². The Morgan fingerprint density at radius 1 is 1.30 bits per heavy atom. The maximum Gasteiger partial charge on any atom is 0.146 e. The van der Waals surface area contributed by atoms with Crippen molar-refractivity contribution in [1.29, 1.82) is 0 Å². The minimum absolute atomic E-state index is 0.0761. The lowest BCUT2D eigenvalue weighted by Gasteiger charge is -2.18. The van der Waals surface area contributed by atoms with Gasteiger partial charge in [-0.15, -0.1) is 0 Å². The molecule has 1 atom stereocenters. The summed E-state index contributed by atoms with van der Waals surface area (Å²) in [4.78, 5) is 3.74. The number of hydrazine groups is 1. The highest BCUT2D eigenvalue weighted by molar-refractivity contribution is 5.36. The molecule has 20 heavy (non-hydrogen) atoms. The quantitative estimate of drug-likeness (QED) is 0.650. The van der Waals surface area contributed by atoms with Gasteiger partial charge in [-0.3, -0.25) is 10.8 Å². The highest BCUT2D eigenvalue weighted by Crippen LogP contribution is 2.26. The molecule has 0 aliphatic carbocycles. The average molecular weight is 275 g/mol. The van der Waals surface area contributed by atoms with Gasteiger partial charge < -0.3 is 4.74 Å². The molecule has 1 heterocycles. The van der Waals surface area contributed by atoms with E-state index in [4.69, 9.17) is 10.6 Å². The van der Waals surface area contributed by atoms with Crippen LogP contribution in [0.4, 0.5) is 4.39 Å². The van der Waals surface area contributed by atoms with E-state index in [-0.39, 0.29) is 6.10 Å². The Kier molecular flexibility index (Phi) is 4.65. The molecule has 0 amide bonds. The Morgan fingerprint density at radius 3 is 2.75 bits per heavy atom. The molecule has 0 aliphatic heterocycles. The predicted molar refractivity (Wildman–Crippen MR) is 75.6 cm³/mol. The van der Waals surface area contributed by atoms with Crippen molar-refractivity contribution in [3.63, 3.8) is 0 Å². The first-order valence-corrected chi connectivity index (χ1v) is 6.44. The number of aromatic nitrogens is 1. The first-order valence-electron chi connectivity index (χ1n) is 6.44. The van der Waals surface area contributed by atoms with Crippen LogP contribution >= 0.6 is 0 Å². The third-order valence-corrected chi connectivity index (χ3v) is 2.84. The van der Waals surface area contributed by atoms with Crippen LogP contribution in [0.15, 0.2) is 42.7 Å². The number of nitrogens with zero attached hydrogens (tertiary/aromatic N) is 1. The molecule has 1 aromatic carbocycles. The van der Waals surface area contributed by atoms with Gasteiger partial charge in [-0.2, -0.15) is 0 Å². The molecule has 2 aromatic rings. The van der Waals surface area contributed by atoms with Gasteiger partial charge >= 0.3 is 0 Å². The lowest BCUT2D eigenvalue weighted by Crippen LogP contribution is -2.29. The van der Waals surface area contributed by atoms with E-state index >= 15 is 0 Å². The Balaban J connectivity index is 2.35. The van der Waals surface area contributed by atoms with E-state index in [9.17, 15) is 4.39 Å². The third-order valence-electron chi connectivity index (χ3n) is 2.84. The zero-order valence-electron chi connectivity index (χ0n) is 11.5. The second-order valence-electron chi connectivity index (χ2n) is 4.74. The highest BCUT2D eigenvalue weighted by atomic mass is 19.1. The first kappa shape index (κ1) is 14.4. The molecule has 2 rings (SSSR count). The molecule has 0 bridgehead atoms. The molecular weight excluding hydrogens is 257 g/mol. The lowest BCUT2D eigenvalue weighted by molar-refractivity contribution is 0.242. The van der Waals surface area contributed by atoms with Crippen molar-refractivity contribution < 1.29 is 9.13 Å². The zero-order chi connectivity index (χ0) is 14.5. The largest absolute Gasteiger partial charge is 0.491 e. The third kappa shape index (κ3) is 3.31. The monoisotopic (exact) mass is 275 g/mol. The molecule has 3 N–H and O–H groups in total. The van der Waals surface area contributed by atoms with Crippen LogP contribution in [0.3, 0.4) is 0 Å². The molecule has 0 radical (unpaired) electrons. The SMILES string of the molecule is CC(C)Oc1cccc(C(NN)c2ccncc2F)c1. The number of ether oxygens (including phenoxy) is 1. The van der Waals surface area contributed by atoms with E-state index in [1.807, 2.05) is 38.1 Å². The maximum absolute atomic E-state index is 13.8. The first-order chi connectivity index (χ1) is 9.61. The van der Waals surface area contributed by atoms with Gasteiger partial charge in [0.15, 0.2) is 0 Å². The number of nitrogens with two attached hydrogens (primary N) is 1. The smallest absolute Gasteiger partial charge is 0.146 e. The van der Waals surface area contributed by atoms with Crippen LogP contribution in [0.1, 0.15) is 31.0 Å². The molecule has 1 aromatic heterocycles. The van der Waals surface area contributed by atoms with Crippen LogP contribution < -0.4 is 16.0 Å². The van der Waals surface area contributed by atoms with Gasteiger partial charge in [0.25, 0.3) is 0 Å². The number of halogens is 1. The average Bonchev–Trinajstić information content (AvgIpc) is 2.41. The molecule has 106 valence electrons. The maximum atomic E-state index is 13.8. The summed E-state index contributed by atoms with van der Waals surface area (Å²) in [5.41, 5.74) is 3.91. The normalized spacial score (nSPS) is 12.4. The van der Waals surface area contributed by atoms with E-state index in [1.165, 1.54) is 12.4 Å². The lowest BCUT2D eigenvalue weighted by atomic mass is 9.99. The molecule has 0 saturated heterocycles. The van der Waals surface area contributed by atoms with E-state index in [0.717, 1.165) is 11.3 Å². The van der Waals surface area contributed by atoms with Crippen molar-refractivity contribution in [2.24, 2.45) is 5.84 Å². The number of hydrogen-bond donors (Lipinski definition) is 2. The summed E-state index contributed by atoms with van der Waals surface area (Å²) in [7, 11) is 0. The fourth-order valence-electron chi connectivity index (χ4n) is 2.03. The van der Waals surface area contributed by atoms with Crippen molar-refractivity contribution in [3.8, 4) is 5.75 Å². The summed E-state index contributed by atoms with van der Waals surface area (Å²) in [5.74, 6) is 5.91. The molecule has 5 heteroatoms. The van der Waals surface area contributed by atoms with E-state index in [2.05, 4.69) is 10.4 Å². The fourth-order valence-corrected chi connectivity index (χ4v) is 2.03. The summed E-state index contributed by atoms with van der Waals surface area (Å²) in [5, 5.41) is 0. The number of benzene rings is 1. The second-order valence-corrected chi connectivity index (χ2v) is 4.74. The molecule has 0 aliphatic rings. The van der Waals surface area contributed by atoms with Crippen molar-refractivity contribution in [1.82, 2.24) is 10.4 Å². The van der Waals surface area contributed by atoms with Crippen LogP contribution in [-0.2, 0) is 0 Å². The van der Waals surface area contributed by atoms with Gasteiger partial charge in [-0.1, -0.05) is 12.1 Å². The van der Waals surface area contributed by atoms with Crippen molar-refractivity contribution in [3.05, 3.63) is 59.7 Å². The summed E-state index contributed by atoms with van der Waals surface area (Å²) in [6, 6.07) is 8.60. The second kappa shape index (κ2) is 6.45. The molecule has 4 nitrogen and oxygen atoms in total.